The third-order valence-electron chi connectivity index (χ3n) is 1.98. The molecule has 1 saturated carbocycles. The molecule has 1 heterocycles. The van der Waals surface area contributed by atoms with E-state index in [4.69, 9.17) is 21.4 Å². The number of rotatable bonds is 3. The molecular formula is C8H12N6OS. The molecule has 0 unspecified atom stereocenters. The quantitative estimate of drug-likeness (QED) is 0.518. The van der Waals surface area contributed by atoms with Crippen LogP contribution >= 0.6 is 11.8 Å². The second-order valence-electron chi connectivity index (χ2n) is 3.45. The van der Waals surface area contributed by atoms with Crippen LogP contribution in [0.15, 0.2) is 9.52 Å². The zero-order chi connectivity index (χ0) is 11.5. The lowest BCUT2D eigenvalue weighted by atomic mass is 10.4. The van der Waals surface area contributed by atoms with Gasteiger partial charge in [-0.1, -0.05) is 16.9 Å². The largest absolute Gasteiger partial charge is 0.370 e. The van der Waals surface area contributed by atoms with E-state index >= 15 is 0 Å². The molecular weight excluding hydrogens is 228 g/mol. The van der Waals surface area contributed by atoms with Gasteiger partial charge in [0.25, 0.3) is 0 Å². The van der Waals surface area contributed by atoms with Crippen molar-refractivity contribution in [2.45, 2.75) is 24.5 Å². The summed E-state index contributed by atoms with van der Waals surface area (Å²) in [6, 6.07) is 0. The van der Waals surface area contributed by atoms with Gasteiger partial charge >= 0.3 is 0 Å². The summed E-state index contributed by atoms with van der Waals surface area (Å²) in [5.74, 6) is 2.03. The van der Waals surface area contributed by atoms with Crippen LogP contribution in [-0.4, -0.2) is 21.3 Å². The fourth-order valence-corrected chi connectivity index (χ4v) is 1.66. The van der Waals surface area contributed by atoms with Crippen molar-refractivity contribution in [3.8, 4) is 0 Å². The number of aromatic nitrogens is 2. The molecule has 0 atom stereocenters. The van der Waals surface area contributed by atoms with Gasteiger partial charge in [0.05, 0.1) is 5.75 Å². The average Bonchev–Trinajstić information content (AvgIpc) is 2.94. The summed E-state index contributed by atoms with van der Waals surface area (Å²) in [5, 5.41) is 11.3. The molecule has 8 heteroatoms. The fourth-order valence-electron chi connectivity index (χ4n) is 1.10. The third-order valence-corrected chi connectivity index (χ3v) is 2.75. The van der Waals surface area contributed by atoms with E-state index < -0.39 is 0 Å². The van der Waals surface area contributed by atoms with E-state index in [1.165, 1.54) is 0 Å². The van der Waals surface area contributed by atoms with Gasteiger partial charge in [0, 0.05) is 5.92 Å². The molecule has 1 aliphatic rings. The molecule has 1 aliphatic carbocycles. The number of hydrogen-bond donors (Lipinski definition) is 3. The van der Waals surface area contributed by atoms with Crippen molar-refractivity contribution in [1.82, 2.24) is 10.1 Å². The fraction of sp³-hybridized carbons (Fsp3) is 0.500. The molecule has 0 aromatic carbocycles. The first kappa shape index (κ1) is 10.9. The Hall–Kier alpha value is -1.57. The lowest BCUT2D eigenvalue weighted by Crippen LogP contribution is -2.23. The minimum absolute atomic E-state index is 0.0396. The number of thioether (sulfide) groups is 1. The van der Waals surface area contributed by atoms with E-state index in [0.29, 0.717) is 23.4 Å². The zero-order valence-corrected chi connectivity index (χ0v) is 9.33. The molecule has 16 heavy (non-hydrogen) atoms. The van der Waals surface area contributed by atoms with E-state index in [2.05, 4.69) is 15.1 Å². The average molecular weight is 240 g/mol. The van der Waals surface area contributed by atoms with Gasteiger partial charge in [0.15, 0.2) is 17.0 Å². The van der Waals surface area contributed by atoms with Crippen molar-refractivity contribution in [3.63, 3.8) is 0 Å². The van der Waals surface area contributed by atoms with E-state index in [0.717, 1.165) is 24.6 Å². The van der Waals surface area contributed by atoms with Gasteiger partial charge in [-0.05, 0) is 12.8 Å². The maximum Gasteiger partial charge on any atom is 0.229 e. The van der Waals surface area contributed by atoms with E-state index in [-0.39, 0.29) is 11.1 Å². The molecule has 2 rings (SSSR count). The van der Waals surface area contributed by atoms with Gasteiger partial charge in [-0.25, -0.2) is 0 Å². The predicted octanol–water partition coefficient (Wildman–Crippen LogP) is 0.388. The summed E-state index contributed by atoms with van der Waals surface area (Å²) < 4.78 is 5.07. The molecule has 0 radical (unpaired) electrons. The lowest BCUT2D eigenvalue weighted by molar-refractivity contribution is 0.375. The van der Waals surface area contributed by atoms with Crippen molar-refractivity contribution in [2.24, 2.45) is 16.5 Å². The Morgan fingerprint density at radius 1 is 1.56 bits per heavy atom. The van der Waals surface area contributed by atoms with Gasteiger partial charge in [0.2, 0.25) is 5.89 Å². The van der Waals surface area contributed by atoms with Crippen LogP contribution in [0.1, 0.15) is 30.5 Å². The number of aliphatic imine (C=N–C) groups is 1. The molecule has 0 aliphatic heterocycles. The number of nitrogens with zero attached hydrogens (tertiary/aromatic N) is 3. The van der Waals surface area contributed by atoms with Crippen LogP contribution in [0.4, 0.5) is 0 Å². The Labute approximate surface area is 96.2 Å². The van der Waals surface area contributed by atoms with E-state index in [9.17, 15) is 0 Å². The van der Waals surface area contributed by atoms with Crippen molar-refractivity contribution in [1.29, 1.82) is 5.41 Å². The molecule has 1 aromatic heterocycles. The van der Waals surface area contributed by atoms with Crippen LogP contribution in [0.3, 0.4) is 0 Å². The molecule has 0 amide bonds. The molecule has 1 fully saturated rings. The maximum absolute atomic E-state index is 7.40. The van der Waals surface area contributed by atoms with Crippen LogP contribution in [0, 0.1) is 5.41 Å². The number of guanidine groups is 1. The molecule has 1 aromatic rings. The summed E-state index contributed by atoms with van der Waals surface area (Å²) in [7, 11) is 0. The monoisotopic (exact) mass is 240 g/mol. The van der Waals surface area contributed by atoms with Crippen molar-refractivity contribution in [3.05, 3.63) is 11.7 Å². The Kier molecular flexibility index (Phi) is 3.09. The topological polar surface area (TPSA) is 127 Å². The third kappa shape index (κ3) is 2.96. The van der Waals surface area contributed by atoms with Gasteiger partial charge in [0.1, 0.15) is 0 Å². The van der Waals surface area contributed by atoms with Crippen molar-refractivity contribution >= 4 is 22.9 Å². The van der Waals surface area contributed by atoms with E-state index in [1.54, 1.807) is 0 Å². The highest BCUT2D eigenvalue weighted by atomic mass is 32.2. The molecule has 0 spiro atoms. The molecule has 0 bridgehead atoms. The number of amidine groups is 1. The zero-order valence-electron chi connectivity index (χ0n) is 8.51. The van der Waals surface area contributed by atoms with E-state index in [1.807, 2.05) is 0 Å². The minimum Gasteiger partial charge on any atom is -0.370 e. The summed E-state index contributed by atoms with van der Waals surface area (Å²) in [4.78, 5) is 7.80. The standard InChI is InChI=1S/C8H12N6OS/c9-7(10)13-8(11)16-3-5-12-6(15-14-5)4-1-2-4/h4H,1-3H2,(H5,9,10,11,13). The Balaban J connectivity index is 1.84. The molecule has 5 N–H and O–H groups in total. The number of nitrogens with one attached hydrogen (secondary N) is 1. The second kappa shape index (κ2) is 4.52. The maximum atomic E-state index is 7.40. The summed E-state index contributed by atoms with van der Waals surface area (Å²) >= 11 is 1.15. The summed E-state index contributed by atoms with van der Waals surface area (Å²) in [6.45, 7) is 0. The SMILES string of the molecule is N=C(N=C(N)N)SCc1noc(C2CC2)n1. The van der Waals surface area contributed by atoms with Gasteiger partial charge in [-0.15, -0.1) is 0 Å². The van der Waals surface area contributed by atoms with Crippen molar-refractivity contribution < 1.29 is 4.52 Å². The predicted molar refractivity (Wildman–Crippen MR) is 61.1 cm³/mol. The van der Waals surface area contributed by atoms with Gasteiger partial charge in [-0.3, -0.25) is 5.41 Å². The summed E-state index contributed by atoms with van der Waals surface area (Å²) in [6.07, 6.45) is 2.25. The molecule has 7 nitrogen and oxygen atoms in total. The lowest BCUT2D eigenvalue weighted by Gasteiger charge is -1.94. The van der Waals surface area contributed by atoms with Crippen LogP contribution in [0.5, 0.6) is 0 Å². The Morgan fingerprint density at radius 3 is 2.94 bits per heavy atom. The van der Waals surface area contributed by atoms with Gasteiger partial charge in [-0.2, -0.15) is 9.98 Å². The van der Waals surface area contributed by atoms with Crippen LogP contribution in [-0.2, 0) is 5.75 Å². The normalized spacial score (nSPS) is 14.8. The first-order chi connectivity index (χ1) is 7.65. The second-order valence-corrected chi connectivity index (χ2v) is 4.42. The van der Waals surface area contributed by atoms with Crippen LogP contribution in [0.25, 0.3) is 0 Å². The highest BCUT2D eigenvalue weighted by Gasteiger charge is 2.29. The van der Waals surface area contributed by atoms with Gasteiger partial charge < -0.3 is 16.0 Å². The van der Waals surface area contributed by atoms with Crippen LogP contribution < -0.4 is 11.5 Å². The smallest absolute Gasteiger partial charge is 0.229 e. The highest BCUT2D eigenvalue weighted by molar-refractivity contribution is 8.13. The Bertz CT molecular complexity index is 420. The van der Waals surface area contributed by atoms with Crippen LogP contribution in [0.2, 0.25) is 0 Å². The highest BCUT2D eigenvalue weighted by Crippen LogP contribution is 2.38. The first-order valence-electron chi connectivity index (χ1n) is 4.78. The first-order valence-corrected chi connectivity index (χ1v) is 5.77. The number of hydrogen-bond acceptors (Lipinski definition) is 5. The Morgan fingerprint density at radius 2 is 2.31 bits per heavy atom. The minimum atomic E-state index is -0.121. The summed E-state index contributed by atoms with van der Waals surface area (Å²) in [5.41, 5.74) is 10.3. The van der Waals surface area contributed by atoms with Crippen molar-refractivity contribution in [2.75, 3.05) is 0 Å². The number of nitrogens with two attached hydrogens (primary N) is 2. The molecule has 0 saturated heterocycles. The molecule has 86 valence electrons.